The van der Waals surface area contributed by atoms with Crippen molar-refractivity contribution in [1.29, 1.82) is 0 Å². The lowest BCUT2D eigenvalue weighted by Gasteiger charge is -2.37. The summed E-state index contributed by atoms with van der Waals surface area (Å²) in [5, 5.41) is 15.5. The van der Waals surface area contributed by atoms with E-state index in [-0.39, 0.29) is 25.1 Å². The molecule has 4 amide bonds. The number of hydrogen-bond acceptors (Lipinski definition) is 6. The number of nitrogens with zero attached hydrogens (tertiary/aromatic N) is 1. The number of phenols is 1. The zero-order valence-corrected chi connectivity index (χ0v) is 23.5. The quantitative estimate of drug-likeness (QED) is 0.343. The van der Waals surface area contributed by atoms with Gasteiger partial charge in [-0.2, -0.15) is 0 Å². The molecule has 5 N–H and O–H groups in total. The second-order valence-corrected chi connectivity index (χ2v) is 10.7. The van der Waals surface area contributed by atoms with Gasteiger partial charge in [-0.3, -0.25) is 14.4 Å². The molecule has 2 rings (SSSR count). The number of primary amides is 1. The van der Waals surface area contributed by atoms with Gasteiger partial charge in [0.05, 0.1) is 0 Å². The number of benzene rings is 2. The molecule has 0 aliphatic heterocycles. The Balaban J connectivity index is 2.49. The maximum Gasteiger partial charge on any atom is 0.408 e. The van der Waals surface area contributed by atoms with E-state index in [0.29, 0.717) is 11.1 Å². The van der Waals surface area contributed by atoms with Gasteiger partial charge in [0.25, 0.3) is 0 Å². The number of rotatable bonds is 11. The van der Waals surface area contributed by atoms with Gasteiger partial charge in [-0.05, 0) is 76.8 Å². The second-order valence-electron chi connectivity index (χ2n) is 10.7. The first-order valence-electron chi connectivity index (χ1n) is 12.9. The van der Waals surface area contributed by atoms with E-state index in [0.717, 1.165) is 5.56 Å². The Bertz CT molecular complexity index is 1160. The summed E-state index contributed by atoms with van der Waals surface area (Å²) in [5.74, 6) is -1.61. The molecule has 39 heavy (non-hydrogen) atoms. The van der Waals surface area contributed by atoms with Gasteiger partial charge in [0, 0.05) is 19.0 Å². The maximum absolute atomic E-state index is 14.0. The molecule has 0 aliphatic rings. The summed E-state index contributed by atoms with van der Waals surface area (Å²) in [6.45, 7) is 10.5. The Hall–Kier alpha value is -4.08. The lowest BCUT2D eigenvalue weighted by atomic mass is 9.98. The van der Waals surface area contributed by atoms with Gasteiger partial charge < -0.3 is 31.1 Å². The van der Waals surface area contributed by atoms with Crippen molar-refractivity contribution < 1.29 is 29.0 Å². The molecule has 212 valence electrons. The van der Waals surface area contributed by atoms with Crippen LogP contribution in [-0.2, 0) is 25.7 Å². The van der Waals surface area contributed by atoms with E-state index in [1.807, 2.05) is 30.3 Å². The summed E-state index contributed by atoms with van der Waals surface area (Å²) in [6, 6.07) is 11.2. The van der Waals surface area contributed by atoms with Crippen molar-refractivity contribution in [1.82, 2.24) is 15.5 Å². The summed E-state index contributed by atoms with van der Waals surface area (Å²) >= 11 is 0. The number of carbonyl (C=O) groups excluding carboxylic acids is 4. The van der Waals surface area contributed by atoms with Gasteiger partial charge in [0.1, 0.15) is 23.4 Å². The molecule has 0 aromatic heterocycles. The van der Waals surface area contributed by atoms with Gasteiger partial charge in [-0.25, -0.2) is 4.79 Å². The number of nitrogens with one attached hydrogen (secondary N) is 2. The van der Waals surface area contributed by atoms with Crippen LogP contribution in [0.25, 0.3) is 0 Å². The highest BCUT2D eigenvalue weighted by Gasteiger charge is 2.38. The van der Waals surface area contributed by atoms with Crippen LogP contribution in [0.15, 0.2) is 48.5 Å². The van der Waals surface area contributed by atoms with E-state index in [4.69, 9.17) is 10.5 Å². The van der Waals surface area contributed by atoms with Gasteiger partial charge >= 0.3 is 6.09 Å². The van der Waals surface area contributed by atoms with Crippen molar-refractivity contribution in [2.45, 2.75) is 84.7 Å². The van der Waals surface area contributed by atoms with E-state index >= 15 is 0 Å². The SMILES string of the molecule is Cc1cc(C(C(=O)NCc2ccccc2)N(C(=O)C(CCC(N)=O)NC(=O)OC(C)(C)C)C(C)C)ccc1O. The fraction of sp³-hybridized carbons (Fsp3) is 0.448. The van der Waals surface area contributed by atoms with Crippen LogP contribution in [0, 0.1) is 6.92 Å². The summed E-state index contributed by atoms with van der Waals surface area (Å²) in [6.07, 6.45) is -1.08. The fourth-order valence-electron chi connectivity index (χ4n) is 4.02. The molecule has 0 aliphatic carbocycles. The minimum Gasteiger partial charge on any atom is -0.508 e. The van der Waals surface area contributed by atoms with Gasteiger partial charge in [0.2, 0.25) is 17.7 Å². The van der Waals surface area contributed by atoms with Crippen molar-refractivity contribution in [3.63, 3.8) is 0 Å². The Kier molecular flexibility index (Phi) is 10.9. The lowest BCUT2D eigenvalue weighted by Crippen LogP contribution is -2.55. The predicted octanol–water partition coefficient (Wildman–Crippen LogP) is 3.45. The molecule has 0 saturated carbocycles. The molecule has 2 aromatic rings. The monoisotopic (exact) mass is 540 g/mol. The van der Waals surface area contributed by atoms with E-state index in [1.165, 1.54) is 11.0 Å². The number of aromatic hydroxyl groups is 1. The van der Waals surface area contributed by atoms with Crippen LogP contribution in [0.4, 0.5) is 4.79 Å². The fourth-order valence-corrected chi connectivity index (χ4v) is 4.02. The molecule has 0 saturated heterocycles. The molecule has 2 unspecified atom stereocenters. The van der Waals surface area contributed by atoms with E-state index in [9.17, 15) is 24.3 Å². The van der Waals surface area contributed by atoms with Crippen LogP contribution in [0.1, 0.15) is 70.2 Å². The van der Waals surface area contributed by atoms with Gasteiger partial charge in [-0.15, -0.1) is 0 Å². The van der Waals surface area contributed by atoms with Crippen LogP contribution in [0.3, 0.4) is 0 Å². The molecule has 0 radical (unpaired) electrons. The average Bonchev–Trinajstić information content (AvgIpc) is 2.84. The van der Waals surface area contributed by atoms with Crippen molar-refractivity contribution in [3.05, 3.63) is 65.2 Å². The van der Waals surface area contributed by atoms with Crippen LogP contribution in [-0.4, -0.2) is 51.5 Å². The normalized spacial score (nSPS) is 12.8. The molecule has 0 spiro atoms. The minimum absolute atomic E-state index is 0.0514. The summed E-state index contributed by atoms with van der Waals surface area (Å²) in [5.41, 5.74) is 6.40. The highest BCUT2D eigenvalue weighted by Crippen LogP contribution is 2.29. The van der Waals surface area contributed by atoms with Crippen molar-refractivity contribution in [2.75, 3.05) is 0 Å². The first-order chi connectivity index (χ1) is 18.2. The van der Waals surface area contributed by atoms with E-state index in [1.54, 1.807) is 53.7 Å². The number of alkyl carbamates (subject to hydrolysis) is 1. The van der Waals surface area contributed by atoms with Crippen LogP contribution in [0.2, 0.25) is 0 Å². The molecule has 10 heteroatoms. The number of ether oxygens (including phenoxy) is 1. The number of aryl methyl sites for hydroxylation is 1. The highest BCUT2D eigenvalue weighted by molar-refractivity contribution is 5.92. The van der Waals surface area contributed by atoms with Gasteiger partial charge in [-0.1, -0.05) is 36.4 Å². The largest absolute Gasteiger partial charge is 0.508 e. The molecule has 0 bridgehead atoms. The topological polar surface area (TPSA) is 151 Å². The highest BCUT2D eigenvalue weighted by atomic mass is 16.6. The van der Waals surface area contributed by atoms with Crippen LogP contribution >= 0.6 is 0 Å². The predicted molar refractivity (Wildman–Crippen MR) is 147 cm³/mol. The molecular formula is C29H40N4O6. The van der Waals surface area contributed by atoms with Crippen molar-refractivity contribution >= 4 is 23.8 Å². The molecule has 2 atom stereocenters. The molecule has 0 fully saturated rings. The smallest absolute Gasteiger partial charge is 0.408 e. The van der Waals surface area contributed by atoms with Crippen LogP contribution < -0.4 is 16.4 Å². The Labute approximate surface area is 229 Å². The zero-order chi connectivity index (χ0) is 29.3. The number of nitrogens with two attached hydrogens (primary N) is 1. The first kappa shape index (κ1) is 31.1. The number of amides is 4. The third kappa shape index (κ3) is 9.63. The van der Waals surface area contributed by atoms with E-state index < -0.39 is 47.5 Å². The number of carbonyl (C=O) groups is 4. The number of phenolic OH excluding ortho intramolecular Hbond substituents is 1. The van der Waals surface area contributed by atoms with Gasteiger partial charge in [0.15, 0.2) is 0 Å². The third-order valence-corrected chi connectivity index (χ3v) is 5.85. The zero-order valence-electron chi connectivity index (χ0n) is 23.5. The number of hydrogen-bond donors (Lipinski definition) is 4. The van der Waals surface area contributed by atoms with Crippen LogP contribution in [0.5, 0.6) is 5.75 Å². The van der Waals surface area contributed by atoms with Crippen molar-refractivity contribution in [3.8, 4) is 5.75 Å². The van der Waals surface area contributed by atoms with Crippen molar-refractivity contribution in [2.24, 2.45) is 5.73 Å². The summed E-state index contributed by atoms with van der Waals surface area (Å²) < 4.78 is 5.33. The van der Waals surface area contributed by atoms with E-state index in [2.05, 4.69) is 10.6 Å². The Morgan fingerprint density at radius 1 is 1.05 bits per heavy atom. The molecule has 0 heterocycles. The minimum atomic E-state index is -1.18. The second kappa shape index (κ2) is 13.6. The Morgan fingerprint density at radius 3 is 2.23 bits per heavy atom. The summed E-state index contributed by atoms with van der Waals surface area (Å²) in [7, 11) is 0. The summed E-state index contributed by atoms with van der Waals surface area (Å²) in [4.78, 5) is 53.3. The molecule has 2 aromatic carbocycles. The average molecular weight is 541 g/mol. The standard InChI is InChI=1S/C29H40N4O6/c1-18(2)33(27(37)22(13-15-24(30)35)32-28(38)39-29(4,5)6)25(21-12-14-23(34)19(3)16-21)26(36)31-17-20-10-8-7-9-11-20/h7-12,14,16,18,22,25,34H,13,15,17H2,1-6H3,(H2,30,35)(H,31,36)(H,32,38). The third-order valence-electron chi connectivity index (χ3n) is 5.85. The maximum atomic E-state index is 14.0. The Morgan fingerprint density at radius 2 is 1.69 bits per heavy atom. The lowest BCUT2D eigenvalue weighted by molar-refractivity contribution is -0.144. The molecule has 10 nitrogen and oxygen atoms in total. The first-order valence-corrected chi connectivity index (χ1v) is 12.9. The molecular weight excluding hydrogens is 500 g/mol.